The van der Waals surface area contributed by atoms with Gasteiger partial charge in [-0.2, -0.15) is 0 Å². The van der Waals surface area contributed by atoms with Crippen molar-refractivity contribution < 1.29 is 19.4 Å². The molecule has 1 amide bonds. The Hall–Kier alpha value is -2.34. The maximum absolute atomic E-state index is 11.8. The Morgan fingerprint density at radius 3 is 2.55 bits per heavy atom. The van der Waals surface area contributed by atoms with Crippen LogP contribution in [0.25, 0.3) is 0 Å². The molecule has 0 fully saturated rings. The van der Waals surface area contributed by atoms with Crippen LogP contribution < -0.4 is 5.32 Å². The van der Waals surface area contributed by atoms with E-state index >= 15 is 0 Å². The zero-order chi connectivity index (χ0) is 16.1. The van der Waals surface area contributed by atoms with Gasteiger partial charge in [0.05, 0.1) is 25.6 Å². The predicted molar refractivity (Wildman–Crippen MR) is 81.9 cm³/mol. The van der Waals surface area contributed by atoms with E-state index in [4.69, 9.17) is 4.74 Å². The van der Waals surface area contributed by atoms with Crippen LogP contribution in [0.3, 0.4) is 0 Å². The third-order valence-corrected chi connectivity index (χ3v) is 3.62. The minimum Gasteiger partial charge on any atom is -0.469 e. The van der Waals surface area contributed by atoms with Gasteiger partial charge in [-0.1, -0.05) is 24.3 Å². The summed E-state index contributed by atoms with van der Waals surface area (Å²) in [4.78, 5) is 24.8. The average molecular weight is 304 g/mol. The van der Waals surface area contributed by atoms with Gasteiger partial charge in [-0.3, -0.25) is 9.59 Å². The van der Waals surface area contributed by atoms with Gasteiger partial charge >= 0.3 is 5.97 Å². The Kier molecular flexibility index (Phi) is 5.16. The summed E-state index contributed by atoms with van der Waals surface area (Å²) in [6.45, 7) is 1.37. The van der Waals surface area contributed by atoms with E-state index < -0.39 is 18.2 Å². The molecular weight excluding hydrogens is 284 g/mol. The highest BCUT2D eigenvalue weighted by molar-refractivity contribution is 5.77. The fourth-order valence-electron chi connectivity index (χ4n) is 2.58. The lowest BCUT2D eigenvalue weighted by molar-refractivity contribution is -0.148. The second-order valence-corrected chi connectivity index (χ2v) is 5.11. The molecule has 1 aliphatic rings. The Bertz CT molecular complexity index is 559. The second kappa shape index (κ2) is 7.09. The van der Waals surface area contributed by atoms with Crippen molar-refractivity contribution >= 4 is 17.6 Å². The summed E-state index contributed by atoms with van der Waals surface area (Å²) < 4.78 is 4.70. The zero-order valence-electron chi connectivity index (χ0n) is 12.6. The van der Waals surface area contributed by atoms with Crippen molar-refractivity contribution in [2.45, 2.75) is 31.7 Å². The van der Waals surface area contributed by atoms with Crippen molar-refractivity contribution in [3.8, 4) is 0 Å². The number of esters is 1. The second-order valence-electron chi connectivity index (χ2n) is 5.11. The number of ether oxygens (including phenoxy) is 1. The third-order valence-electron chi connectivity index (χ3n) is 3.62. The molecule has 0 spiro atoms. The maximum Gasteiger partial charge on any atom is 0.307 e. The molecule has 3 atom stereocenters. The molecule has 1 aromatic carbocycles. The van der Waals surface area contributed by atoms with E-state index in [1.165, 1.54) is 25.0 Å². The molecule has 22 heavy (non-hydrogen) atoms. The topological polar surface area (TPSA) is 78.9 Å². The van der Waals surface area contributed by atoms with Crippen molar-refractivity contribution in [3.63, 3.8) is 0 Å². The molecule has 2 N–H and O–H groups in total. The van der Waals surface area contributed by atoms with Crippen LogP contribution in [0.4, 0.5) is 5.69 Å². The lowest BCUT2D eigenvalue weighted by atomic mass is 9.97. The minimum atomic E-state index is -1.04. The van der Waals surface area contributed by atoms with E-state index in [-0.39, 0.29) is 18.4 Å². The van der Waals surface area contributed by atoms with Crippen LogP contribution in [-0.2, 0) is 14.3 Å². The number of aliphatic hydroxyl groups is 1. The Balaban J connectivity index is 2.26. The molecule has 1 heterocycles. The minimum absolute atomic E-state index is 0.00196. The van der Waals surface area contributed by atoms with Crippen LogP contribution in [0.15, 0.2) is 42.5 Å². The van der Waals surface area contributed by atoms with Crippen molar-refractivity contribution in [2.24, 2.45) is 0 Å². The number of benzene rings is 1. The van der Waals surface area contributed by atoms with E-state index in [2.05, 4.69) is 5.32 Å². The van der Waals surface area contributed by atoms with Crippen LogP contribution in [0.1, 0.15) is 13.3 Å². The molecule has 0 saturated heterocycles. The lowest BCUT2D eigenvalue weighted by Gasteiger charge is -2.40. The first-order valence-electron chi connectivity index (χ1n) is 7.06. The van der Waals surface area contributed by atoms with Gasteiger partial charge in [-0.15, -0.1) is 0 Å². The summed E-state index contributed by atoms with van der Waals surface area (Å²) in [5.41, 5.74) is 0.868. The molecule has 6 nitrogen and oxygen atoms in total. The summed E-state index contributed by atoms with van der Waals surface area (Å²) in [6.07, 6.45) is 2.27. The number of anilines is 1. The number of carbonyl (C=O) groups excluding carboxylic acids is 2. The third kappa shape index (κ3) is 3.65. The number of carbonyl (C=O) groups is 2. The van der Waals surface area contributed by atoms with Gasteiger partial charge in [0, 0.05) is 12.6 Å². The van der Waals surface area contributed by atoms with E-state index in [0.29, 0.717) is 0 Å². The summed E-state index contributed by atoms with van der Waals surface area (Å²) >= 11 is 0. The van der Waals surface area contributed by atoms with E-state index in [9.17, 15) is 14.7 Å². The van der Waals surface area contributed by atoms with Gasteiger partial charge in [0.25, 0.3) is 0 Å². The van der Waals surface area contributed by atoms with Gasteiger partial charge in [0.1, 0.15) is 6.23 Å². The quantitative estimate of drug-likeness (QED) is 0.644. The summed E-state index contributed by atoms with van der Waals surface area (Å²) in [7, 11) is 1.30. The van der Waals surface area contributed by atoms with Gasteiger partial charge in [0.2, 0.25) is 5.91 Å². The van der Waals surface area contributed by atoms with Crippen LogP contribution in [-0.4, -0.2) is 47.3 Å². The number of hydrogen-bond acceptors (Lipinski definition) is 5. The number of hydrogen-bond donors (Lipinski definition) is 2. The summed E-state index contributed by atoms with van der Waals surface area (Å²) in [5.74, 6) is -0.732. The van der Waals surface area contributed by atoms with Crippen molar-refractivity contribution in [2.75, 3.05) is 12.4 Å². The smallest absolute Gasteiger partial charge is 0.307 e. The number of methoxy groups -OCH3 is 1. The first kappa shape index (κ1) is 16.0. The molecule has 118 valence electrons. The first-order chi connectivity index (χ1) is 10.5. The summed E-state index contributed by atoms with van der Waals surface area (Å²) in [6, 6.07) is 8.65. The largest absolute Gasteiger partial charge is 0.469 e. The molecule has 1 aliphatic heterocycles. The number of para-hydroxylation sites is 1. The fraction of sp³-hybridized carbons (Fsp3) is 0.375. The fourth-order valence-corrected chi connectivity index (χ4v) is 2.58. The molecule has 1 aromatic rings. The molecule has 6 heteroatoms. The molecular formula is C16H20N2O4. The summed E-state index contributed by atoms with van der Waals surface area (Å²) in [5, 5.41) is 13.3. The standard InChI is InChI=1S/C16H20N2O4/c1-11(19)18-14(10-16(21)22-2)13(8-9-15(18)20)17-12-6-4-3-5-7-12/h3-9,13-15,17,20H,10H2,1-2H3/t13-,14+,15?/m0/s1. The van der Waals surface area contributed by atoms with Crippen LogP contribution in [0.2, 0.25) is 0 Å². The van der Waals surface area contributed by atoms with Crippen LogP contribution in [0.5, 0.6) is 0 Å². The first-order valence-corrected chi connectivity index (χ1v) is 7.06. The van der Waals surface area contributed by atoms with Crippen molar-refractivity contribution in [3.05, 3.63) is 42.5 Å². The van der Waals surface area contributed by atoms with Gasteiger partial charge in [-0.25, -0.2) is 0 Å². The number of nitrogens with zero attached hydrogens (tertiary/aromatic N) is 1. The molecule has 0 aromatic heterocycles. The normalized spacial score (nSPS) is 24.0. The molecule has 0 radical (unpaired) electrons. The molecule has 0 bridgehead atoms. The van der Waals surface area contributed by atoms with Gasteiger partial charge in [0.15, 0.2) is 0 Å². The number of amides is 1. The highest BCUT2D eigenvalue weighted by Gasteiger charge is 2.36. The zero-order valence-corrected chi connectivity index (χ0v) is 12.6. The number of rotatable bonds is 4. The predicted octanol–water partition coefficient (Wildman–Crippen LogP) is 1.14. The van der Waals surface area contributed by atoms with Gasteiger partial charge < -0.3 is 20.1 Å². The van der Waals surface area contributed by atoms with Gasteiger partial charge in [-0.05, 0) is 18.2 Å². The highest BCUT2D eigenvalue weighted by atomic mass is 16.5. The van der Waals surface area contributed by atoms with E-state index in [1.54, 1.807) is 6.08 Å². The average Bonchev–Trinajstić information content (AvgIpc) is 2.50. The molecule has 2 rings (SSSR count). The molecule has 1 unspecified atom stereocenters. The van der Waals surface area contributed by atoms with Crippen LogP contribution >= 0.6 is 0 Å². The van der Waals surface area contributed by atoms with E-state index in [1.807, 2.05) is 30.3 Å². The monoisotopic (exact) mass is 304 g/mol. The molecule has 0 saturated carbocycles. The van der Waals surface area contributed by atoms with Crippen molar-refractivity contribution in [1.82, 2.24) is 4.90 Å². The van der Waals surface area contributed by atoms with Crippen molar-refractivity contribution in [1.29, 1.82) is 0 Å². The lowest BCUT2D eigenvalue weighted by Crippen LogP contribution is -2.56. The van der Waals surface area contributed by atoms with E-state index in [0.717, 1.165) is 5.69 Å². The highest BCUT2D eigenvalue weighted by Crippen LogP contribution is 2.23. The SMILES string of the molecule is COC(=O)C[C@@H]1[C@@H](Nc2ccccc2)C=CC(O)N1C(C)=O. The Morgan fingerprint density at radius 1 is 1.27 bits per heavy atom. The Labute approximate surface area is 129 Å². The van der Waals surface area contributed by atoms with Crippen LogP contribution in [0, 0.1) is 0 Å². The number of aliphatic hydroxyl groups excluding tert-OH is 1. The Morgan fingerprint density at radius 2 is 1.95 bits per heavy atom. The maximum atomic E-state index is 11.8. The molecule has 0 aliphatic carbocycles. The number of nitrogens with one attached hydrogen (secondary N) is 1.